The largest absolute Gasteiger partial charge is 0.308 e. The van der Waals surface area contributed by atoms with E-state index in [1.165, 1.54) is 22.3 Å². The van der Waals surface area contributed by atoms with Gasteiger partial charge in [-0.2, -0.15) is 5.26 Å². The standard InChI is InChI=1S/C53H52F3N3/c1-50(2,3)32-13-17-43-36(25-32)37-26-33(51(4,5)6)14-18-44(37)58(43)47-23-31(30-21-41(54)49(56)42(55)22-30)24-48(40(47)29-57)59-45-19-15-34(52(7,8)9)27-38(45)39-28-35(53(10,11)12)16-20-46(39)59/h13-28H,1-12H3. The summed E-state index contributed by atoms with van der Waals surface area (Å²) < 4.78 is 48.9. The molecule has 0 unspecified atom stereocenters. The Balaban J connectivity index is 1.56. The smallest absolute Gasteiger partial charge is 0.194 e. The maximum Gasteiger partial charge on any atom is 0.194 e. The molecule has 300 valence electrons. The number of rotatable bonds is 3. The van der Waals surface area contributed by atoms with Crippen molar-refractivity contribution in [2.75, 3.05) is 0 Å². The molecule has 0 spiro atoms. The van der Waals surface area contributed by atoms with Crippen molar-refractivity contribution in [3.63, 3.8) is 0 Å². The molecule has 8 rings (SSSR count). The molecule has 0 aliphatic carbocycles. The number of fused-ring (bicyclic) bond motifs is 6. The van der Waals surface area contributed by atoms with Crippen LogP contribution in [-0.4, -0.2) is 9.13 Å². The number of nitriles is 1. The van der Waals surface area contributed by atoms with Gasteiger partial charge < -0.3 is 9.13 Å². The molecule has 2 aromatic heterocycles. The van der Waals surface area contributed by atoms with E-state index in [0.717, 1.165) is 55.7 Å². The fraction of sp³-hybridized carbons (Fsp3) is 0.302. The van der Waals surface area contributed by atoms with E-state index in [4.69, 9.17) is 0 Å². The molecule has 0 aliphatic rings. The Morgan fingerprint density at radius 1 is 0.407 bits per heavy atom. The highest BCUT2D eigenvalue weighted by Crippen LogP contribution is 2.43. The normalized spacial score (nSPS) is 13.0. The number of benzene rings is 6. The molecule has 0 saturated heterocycles. The zero-order chi connectivity index (χ0) is 42.7. The molecule has 0 atom stereocenters. The number of aromatic nitrogens is 2. The summed E-state index contributed by atoms with van der Waals surface area (Å²) in [5.74, 6) is -4.09. The molecule has 6 aromatic carbocycles. The van der Waals surface area contributed by atoms with Gasteiger partial charge in [-0.15, -0.1) is 0 Å². The van der Waals surface area contributed by atoms with Crippen LogP contribution >= 0.6 is 0 Å². The van der Waals surface area contributed by atoms with Crippen LogP contribution < -0.4 is 0 Å². The lowest BCUT2D eigenvalue weighted by atomic mass is 9.85. The van der Waals surface area contributed by atoms with E-state index in [9.17, 15) is 9.65 Å². The van der Waals surface area contributed by atoms with Crippen molar-refractivity contribution in [3.05, 3.63) is 142 Å². The third-order valence-electron chi connectivity index (χ3n) is 12.0. The van der Waals surface area contributed by atoms with Gasteiger partial charge in [-0.1, -0.05) is 107 Å². The minimum absolute atomic E-state index is 0.123. The average molecular weight is 788 g/mol. The van der Waals surface area contributed by atoms with Gasteiger partial charge in [-0.3, -0.25) is 0 Å². The molecule has 0 aliphatic heterocycles. The Labute approximate surface area is 345 Å². The third kappa shape index (κ3) is 6.69. The van der Waals surface area contributed by atoms with Crippen molar-refractivity contribution >= 4 is 43.6 Å². The number of nitrogens with zero attached hydrogens (tertiary/aromatic N) is 3. The zero-order valence-electron chi connectivity index (χ0n) is 36.2. The summed E-state index contributed by atoms with van der Waals surface area (Å²) in [6.07, 6.45) is 0. The van der Waals surface area contributed by atoms with Crippen molar-refractivity contribution in [1.82, 2.24) is 9.13 Å². The Morgan fingerprint density at radius 2 is 0.678 bits per heavy atom. The highest BCUT2D eigenvalue weighted by molar-refractivity contribution is 6.12. The second-order valence-electron chi connectivity index (χ2n) is 20.4. The second-order valence-corrected chi connectivity index (χ2v) is 20.4. The summed E-state index contributed by atoms with van der Waals surface area (Å²) in [5.41, 5.74) is 9.83. The molecule has 59 heavy (non-hydrogen) atoms. The fourth-order valence-electron chi connectivity index (χ4n) is 8.40. The van der Waals surface area contributed by atoms with Crippen LogP contribution in [0.2, 0.25) is 0 Å². The van der Waals surface area contributed by atoms with Crippen LogP contribution in [0.25, 0.3) is 66.1 Å². The molecule has 6 heteroatoms. The van der Waals surface area contributed by atoms with Crippen molar-refractivity contribution in [3.8, 4) is 28.6 Å². The highest BCUT2D eigenvalue weighted by atomic mass is 19.2. The summed E-state index contributed by atoms with van der Waals surface area (Å²) in [7, 11) is 0. The van der Waals surface area contributed by atoms with Gasteiger partial charge in [-0.25, -0.2) is 13.2 Å². The van der Waals surface area contributed by atoms with E-state index in [0.29, 0.717) is 22.5 Å². The second kappa shape index (κ2) is 13.4. The Hall–Kier alpha value is -5.80. The first-order chi connectivity index (χ1) is 27.5. The molecule has 0 radical (unpaired) electrons. The lowest BCUT2D eigenvalue weighted by molar-refractivity contribution is 0.447. The van der Waals surface area contributed by atoms with Gasteiger partial charge in [-0.05, 0) is 128 Å². The highest BCUT2D eigenvalue weighted by Gasteiger charge is 2.27. The first-order valence-electron chi connectivity index (χ1n) is 20.4. The molecule has 0 amide bonds. The van der Waals surface area contributed by atoms with Crippen LogP contribution in [0.1, 0.15) is 111 Å². The van der Waals surface area contributed by atoms with Crippen molar-refractivity contribution in [2.24, 2.45) is 0 Å². The molecule has 2 heterocycles. The molecule has 0 bridgehead atoms. The van der Waals surface area contributed by atoms with E-state index in [2.05, 4.69) is 171 Å². The minimum atomic E-state index is -1.53. The van der Waals surface area contributed by atoms with E-state index in [-0.39, 0.29) is 27.2 Å². The molecular formula is C53H52F3N3. The predicted molar refractivity (Wildman–Crippen MR) is 240 cm³/mol. The number of halogens is 3. The summed E-state index contributed by atoms with van der Waals surface area (Å²) in [6, 6.07) is 34.2. The van der Waals surface area contributed by atoms with E-state index in [1.54, 1.807) is 0 Å². The first-order valence-corrected chi connectivity index (χ1v) is 20.4. The summed E-state index contributed by atoms with van der Waals surface area (Å²) in [4.78, 5) is 0. The summed E-state index contributed by atoms with van der Waals surface area (Å²) in [6.45, 7) is 26.3. The lowest BCUT2D eigenvalue weighted by Crippen LogP contribution is -2.11. The fourth-order valence-corrected chi connectivity index (χ4v) is 8.40. The van der Waals surface area contributed by atoms with Gasteiger partial charge in [0.2, 0.25) is 0 Å². The van der Waals surface area contributed by atoms with Gasteiger partial charge in [0, 0.05) is 21.5 Å². The molecule has 8 aromatic rings. The van der Waals surface area contributed by atoms with Crippen LogP contribution in [0, 0.1) is 28.8 Å². The quantitative estimate of drug-likeness (QED) is 0.164. The maximum absolute atomic E-state index is 15.1. The zero-order valence-corrected chi connectivity index (χ0v) is 36.2. The predicted octanol–water partition coefficient (Wildman–Crippen LogP) is 15.0. The van der Waals surface area contributed by atoms with Gasteiger partial charge >= 0.3 is 0 Å². The van der Waals surface area contributed by atoms with Crippen LogP contribution in [-0.2, 0) is 21.7 Å². The SMILES string of the molecule is CC(C)(C)c1ccc2c(c1)c1cc(C(C)(C)C)ccc1n2-c1cc(-c2cc(F)c(F)c(F)c2)cc(-n2c3ccc(C(C)(C)C)cc3c3cc(C(C)(C)C)ccc32)c1C#N. The van der Waals surface area contributed by atoms with Crippen LogP contribution in [0.15, 0.2) is 97.1 Å². The van der Waals surface area contributed by atoms with Crippen LogP contribution in [0.3, 0.4) is 0 Å². The molecule has 0 N–H and O–H groups in total. The molecule has 0 fully saturated rings. The van der Waals surface area contributed by atoms with E-state index in [1.807, 2.05) is 12.1 Å². The van der Waals surface area contributed by atoms with Gasteiger partial charge in [0.25, 0.3) is 0 Å². The monoisotopic (exact) mass is 787 g/mol. The molecular weight excluding hydrogens is 736 g/mol. The first kappa shape index (κ1) is 40.0. The summed E-state index contributed by atoms with van der Waals surface area (Å²) >= 11 is 0. The topological polar surface area (TPSA) is 33.6 Å². The van der Waals surface area contributed by atoms with Crippen LogP contribution in [0.5, 0.6) is 0 Å². The van der Waals surface area contributed by atoms with Crippen molar-refractivity contribution in [2.45, 2.75) is 105 Å². The van der Waals surface area contributed by atoms with Gasteiger partial charge in [0.05, 0.1) is 33.4 Å². The van der Waals surface area contributed by atoms with Crippen LogP contribution in [0.4, 0.5) is 13.2 Å². The number of hydrogen-bond acceptors (Lipinski definition) is 1. The lowest BCUT2D eigenvalue weighted by Gasteiger charge is -2.21. The van der Waals surface area contributed by atoms with Gasteiger partial charge in [0.1, 0.15) is 11.6 Å². The van der Waals surface area contributed by atoms with E-state index >= 15 is 8.78 Å². The van der Waals surface area contributed by atoms with Crippen molar-refractivity contribution in [1.29, 1.82) is 5.26 Å². The summed E-state index contributed by atoms with van der Waals surface area (Å²) in [5, 5.41) is 15.6. The Bertz CT molecular complexity index is 2730. The van der Waals surface area contributed by atoms with Crippen molar-refractivity contribution < 1.29 is 13.2 Å². The average Bonchev–Trinajstić information content (AvgIpc) is 3.66. The third-order valence-corrected chi connectivity index (χ3v) is 12.0. The maximum atomic E-state index is 15.1. The Kier molecular flexibility index (Phi) is 9.06. The Morgan fingerprint density at radius 3 is 0.932 bits per heavy atom. The minimum Gasteiger partial charge on any atom is -0.308 e. The molecule has 0 saturated carbocycles. The number of hydrogen-bond donors (Lipinski definition) is 0. The molecule has 3 nitrogen and oxygen atoms in total. The van der Waals surface area contributed by atoms with E-state index < -0.39 is 17.5 Å². The van der Waals surface area contributed by atoms with Gasteiger partial charge in [0.15, 0.2) is 17.5 Å².